The highest BCUT2D eigenvalue weighted by Crippen LogP contribution is 2.62. The zero-order valence-corrected chi connectivity index (χ0v) is 26.6. The van der Waals surface area contributed by atoms with Crippen LogP contribution in [0, 0.1) is 13.8 Å². The molecule has 0 atom stereocenters. The highest BCUT2D eigenvalue weighted by atomic mass is 28.3. The number of fused-ring (bicyclic) bond motifs is 9. The van der Waals surface area contributed by atoms with Gasteiger partial charge in [0.2, 0.25) is 0 Å². The van der Waals surface area contributed by atoms with Crippen LogP contribution in [0.2, 0.25) is 19.6 Å². The van der Waals surface area contributed by atoms with Crippen LogP contribution in [0.15, 0.2) is 119 Å². The largest absolute Gasteiger partial charge is 0.457 e. The summed E-state index contributed by atoms with van der Waals surface area (Å²) in [7, 11) is -1.71. The molecule has 44 heavy (non-hydrogen) atoms. The molecule has 0 N–H and O–H groups in total. The summed E-state index contributed by atoms with van der Waals surface area (Å²) >= 11 is 0. The number of rotatable bonds is 2. The molecule has 2 aliphatic heterocycles. The molecule has 4 nitrogen and oxygen atoms in total. The fraction of sp³-hybridized carbons (Fsp3) is 0.154. The molecule has 216 valence electrons. The molecular formula is C39H33NO3Si. The number of ether oxygens (including phenoxy) is 1. The molecule has 0 saturated carbocycles. The van der Waals surface area contributed by atoms with Crippen molar-refractivity contribution in [3.8, 4) is 11.5 Å². The predicted molar refractivity (Wildman–Crippen MR) is 182 cm³/mol. The normalized spacial score (nSPS) is 14.4. The van der Waals surface area contributed by atoms with Crippen LogP contribution in [0.3, 0.4) is 0 Å². The van der Waals surface area contributed by atoms with Gasteiger partial charge in [-0.1, -0.05) is 97.1 Å². The van der Waals surface area contributed by atoms with E-state index in [-0.39, 0.29) is 5.63 Å². The maximum atomic E-state index is 13.0. The summed E-state index contributed by atoms with van der Waals surface area (Å²) in [5, 5.41) is 2.88. The number of para-hydroxylation sites is 2. The number of hydrogen-bond donors (Lipinski definition) is 0. The van der Waals surface area contributed by atoms with Crippen molar-refractivity contribution >= 4 is 41.1 Å². The summed E-state index contributed by atoms with van der Waals surface area (Å²) in [6, 6.07) is 36.9. The first-order valence-corrected chi connectivity index (χ1v) is 18.6. The van der Waals surface area contributed by atoms with Crippen molar-refractivity contribution in [1.29, 1.82) is 0 Å². The van der Waals surface area contributed by atoms with Gasteiger partial charge in [0.25, 0.3) is 0 Å². The summed E-state index contributed by atoms with van der Waals surface area (Å²) in [6.07, 6.45) is 1.54. The molecule has 0 saturated heterocycles. The first-order chi connectivity index (χ1) is 21.2. The molecule has 5 heteroatoms. The van der Waals surface area contributed by atoms with E-state index in [1.165, 1.54) is 21.9 Å². The zero-order valence-electron chi connectivity index (χ0n) is 25.6. The fourth-order valence-electron chi connectivity index (χ4n) is 7.22. The quantitative estimate of drug-likeness (QED) is 0.188. The van der Waals surface area contributed by atoms with E-state index in [1.54, 1.807) is 6.26 Å². The van der Waals surface area contributed by atoms with E-state index >= 15 is 0 Å². The Hall–Kier alpha value is -4.87. The minimum atomic E-state index is -1.71. The summed E-state index contributed by atoms with van der Waals surface area (Å²) in [6.45, 7) is 11.3. The van der Waals surface area contributed by atoms with Gasteiger partial charge in [-0.05, 0) is 72.3 Å². The van der Waals surface area contributed by atoms with Crippen molar-refractivity contribution in [3.05, 3.63) is 153 Å². The summed E-state index contributed by atoms with van der Waals surface area (Å²) in [4.78, 5) is 15.3. The lowest BCUT2D eigenvalue weighted by molar-refractivity contribution is 0.434. The van der Waals surface area contributed by atoms with Crippen LogP contribution in [-0.4, -0.2) is 8.07 Å². The second-order valence-corrected chi connectivity index (χ2v) is 18.2. The monoisotopic (exact) mass is 591 g/mol. The molecule has 0 amide bonds. The van der Waals surface area contributed by atoms with Crippen LogP contribution in [0.1, 0.15) is 33.4 Å². The molecule has 0 bridgehead atoms. The van der Waals surface area contributed by atoms with Gasteiger partial charge in [-0.2, -0.15) is 0 Å². The van der Waals surface area contributed by atoms with Crippen molar-refractivity contribution in [2.45, 2.75) is 38.9 Å². The molecule has 6 aromatic rings. The second kappa shape index (κ2) is 9.31. The maximum absolute atomic E-state index is 13.0. The van der Waals surface area contributed by atoms with Crippen LogP contribution in [0.25, 0.3) is 10.8 Å². The minimum absolute atomic E-state index is 0.327. The topological polar surface area (TPSA) is 42.7 Å². The minimum Gasteiger partial charge on any atom is -0.457 e. The molecule has 0 unspecified atom stereocenters. The number of anilines is 3. The lowest BCUT2D eigenvalue weighted by Gasteiger charge is -2.49. The molecule has 2 aliphatic rings. The lowest BCUT2D eigenvalue weighted by atomic mass is 9.61. The molecule has 3 heterocycles. The Bertz CT molecular complexity index is 2160. The predicted octanol–water partition coefficient (Wildman–Crippen LogP) is 9.23. The molecule has 0 aliphatic carbocycles. The molecular weight excluding hydrogens is 559 g/mol. The lowest BCUT2D eigenvalue weighted by Crippen LogP contribution is -2.43. The van der Waals surface area contributed by atoms with E-state index in [0.29, 0.717) is 5.39 Å². The Morgan fingerprint density at radius 2 is 1.30 bits per heavy atom. The van der Waals surface area contributed by atoms with Crippen molar-refractivity contribution in [2.24, 2.45) is 0 Å². The van der Waals surface area contributed by atoms with Crippen LogP contribution >= 0.6 is 0 Å². The van der Waals surface area contributed by atoms with Gasteiger partial charge in [0.05, 0.1) is 36.5 Å². The Balaban J connectivity index is 1.55. The van der Waals surface area contributed by atoms with Crippen LogP contribution in [0.4, 0.5) is 17.1 Å². The van der Waals surface area contributed by atoms with Crippen LogP contribution in [-0.2, 0) is 5.41 Å². The van der Waals surface area contributed by atoms with Crippen LogP contribution < -0.4 is 20.4 Å². The molecule has 0 radical (unpaired) electrons. The van der Waals surface area contributed by atoms with Gasteiger partial charge < -0.3 is 14.1 Å². The standard InChI is InChI=1S/C39H33NO3Si/c1-24-14-18-34-32(20-24)39(30-10-6-8-12-36(30)43-37-13-9-7-11-31(37)39)33-22-27(44(3,4)5)16-19-35(33)40(34)26-15-17-28-25(2)23-42-38(41)29(28)21-26/h6-23H,1-5H3. The third-order valence-corrected chi connectivity index (χ3v) is 11.4. The fourth-order valence-corrected chi connectivity index (χ4v) is 8.38. The average Bonchev–Trinajstić information content (AvgIpc) is 3.02. The summed E-state index contributed by atoms with van der Waals surface area (Å²) < 4.78 is 12.0. The van der Waals surface area contributed by atoms with Crippen molar-refractivity contribution < 1.29 is 9.15 Å². The van der Waals surface area contributed by atoms with Gasteiger partial charge in [0, 0.05) is 16.8 Å². The number of hydrogen-bond acceptors (Lipinski definition) is 4. The third kappa shape index (κ3) is 3.66. The summed E-state index contributed by atoms with van der Waals surface area (Å²) in [5.74, 6) is 1.74. The van der Waals surface area contributed by atoms with E-state index in [9.17, 15) is 4.79 Å². The average molecular weight is 592 g/mol. The van der Waals surface area contributed by atoms with Crippen molar-refractivity contribution in [1.82, 2.24) is 0 Å². The van der Waals surface area contributed by atoms with E-state index < -0.39 is 13.5 Å². The van der Waals surface area contributed by atoms with Crippen molar-refractivity contribution in [3.63, 3.8) is 0 Å². The molecule has 5 aromatic carbocycles. The van der Waals surface area contributed by atoms with E-state index in [2.05, 4.69) is 122 Å². The first-order valence-electron chi connectivity index (χ1n) is 15.1. The second-order valence-electron chi connectivity index (χ2n) is 13.1. The van der Waals surface area contributed by atoms with E-state index in [0.717, 1.165) is 50.6 Å². The molecule has 8 rings (SSSR count). The summed E-state index contributed by atoms with van der Waals surface area (Å²) in [5.41, 5.74) is 8.95. The van der Waals surface area contributed by atoms with E-state index in [1.807, 2.05) is 19.1 Å². The SMILES string of the molecule is Cc1ccc2c(c1)C1(c3ccccc3Oc3ccccc31)c1cc([Si](C)(C)C)ccc1N2c1ccc2c(C)coc(=O)c2c1. The van der Waals surface area contributed by atoms with Crippen LogP contribution in [0.5, 0.6) is 11.5 Å². The van der Waals surface area contributed by atoms with Gasteiger partial charge in [-0.25, -0.2) is 4.79 Å². The van der Waals surface area contributed by atoms with Gasteiger partial charge in [-0.3, -0.25) is 0 Å². The smallest absolute Gasteiger partial charge is 0.343 e. The Morgan fingerprint density at radius 3 is 1.98 bits per heavy atom. The number of aryl methyl sites for hydroxylation is 2. The number of nitrogens with zero attached hydrogens (tertiary/aromatic N) is 1. The van der Waals surface area contributed by atoms with E-state index in [4.69, 9.17) is 9.15 Å². The molecule has 0 fully saturated rings. The Kier molecular flexibility index (Phi) is 5.66. The maximum Gasteiger partial charge on any atom is 0.343 e. The highest BCUT2D eigenvalue weighted by molar-refractivity contribution is 6.88. The highest BCUT2D eigenvalue weighted by Gasteiger charge is 2.51. The molecule has 1 aromatic heterocycles. The number of benzene rings is 5. The van der Waals surface area contributed by atoms with Crippen molar-refractivity contribution in [2.75, 3.05) is 4.90 Å². The van der Waals surface area contributed by atoms with Gasteiger partial charge in [0.1, 0.15) is 11.5 Å². The Labute approximate surface area is 258 Å². The van der Waals surface area contributed by atoms with Gasteiger partial charge >= 0.3 is 5.63 Å². The van der Waals surface area contributed by atoms with Gasteiger partial charge in [-0.15, -0.1) is 0 Å². The Morgan fingerprint density at radius 1 is 0.659 bits per heavy atom. The van der Waals surface area contributed by atoms with Gasteiger partial charge in [0.15, 0.2) is 0 Å². The molecule has 1 spiro atoms. The third-order valence-electron chi connectivity index (χ3n) is 9.36. The first kappa shape index (κ1) is 26.7. The zero-order chi connectivity index (χ0) is 30.4.